The second kappa shape index (κ2) is 12.3. The molecule has 0 saturated carbocycles. The number of rotatable bonds is 12. The average Bonchev–Trinajstić information content (AvgIpc) is 3.32. The zero-order valence-electron chi connectivity index (χ0n) is 19.9. The first kappa shape index (κ1) is 25.4. The molecule has 1 fully saturated rings. The third-order valence-corrected chi connectivity index (χ3v) is 6.56. The standard InChI is InChI=1S/C27H38F3N3/c1-3-11-21(4-2)24-20-23(32-26(27(28,29)30)22-12-6-5-7-13-22)14-15-25(24)31-16-10-19-33-17-8-9-18-33/h5-7,12-15,20-21,26,31-32H,3-4,8-11,16-19H2,1-2H3. The summed E-state index contributed by atoms with van der Waals surface area (Å²) in [4.78, 5) is 2.50. The lowest BCUT2D eigenvalue weighted by Gasteiger charge is -2.25. The number of hydrogen-bond acceptors (Lipinski definition) is 3. The van der Waals surface area contributed by atoms with Crippen molar-refractivity contribution in [2.45, 2.75) is 70.5 Å². The fraction of sp³-hybridized carbons (Fsp3) is 0.556. The van der Waals surface area contributed by atoms with E-state index >= 15 is 0 Å². The number of nitrogens with zero attached hydrogens (tertiary/aromatic N) is 1. The topological polar surface area (TPSA) is 27.3 Å². The van der Waals surface area contributed by atoms with Gasteiger partial charge in [0.05, 0.1) is 0 Å². The molecule has 1 aliphatic rings. The van der Waals surface area contributed by atoms with E-state index in [4.69, 9.17) is 0 Å². The number of hydrogen-bond donors (Lipinski definition) is 2. The van der Waals surface area contributed by atoms with Gasteiger partial charge < -0.3 is 15.5 Å². The van der Waals surface area contributed by atoms with Crippen LogP contribution in [0.15, 0.2) is 48.5 Å². The summed E-state index contributed by atoms with van der Waals surface area (Å²) in [7, 11) is 0. The molecule has 2 aromatic rings. The zero-order chi connectivity index (χ0) is 23.7. The molecule has 1 heterocycles. The van der Waals surface area contributed by atoms with Gasteiger partial charge in [-0.25, -0.2) is 0 Å². The minimum absolute atomic E-state index is 0.219. The molecule has 33 heavy (non-hydrogen) atoms. The van der Waals surface area contributed by atoms with Gasteiger partial charge in [-0.2, -0.15) is 13.2 Å². The van der Waals surface area contributed by atoms with Crippen LogP contribution in [0, 0.1) is 0 Å². The molecule has 0 aliphatic carbocycles. The maximum absolute atomic E-state index is 13.9. The molecule has 3 rings (SSSR count). The van der Waals surface area contributed by atoms with Crippen molar-refractivity contribution < 1.29 is 13.2 Å². The monoisotopic (exact) mass is 461 g/mol. The maximum atomic E-state index is 13.9. The predicted octanol–water partition coefficient (Wildman–Crippen LogP) is 7.59. The van der Waals surface area contributed by atoms with Gasteiger partial charge in [0.25, 0.3) is 0 Å². The second-order valence-corrected chi connectivity index (χ2v) is 9.05. The molecular weight excluding hydrogens is 423 g/mol. The predicted molar refractivity (Wildman–Crippen MR) is 132 cm³/mol. The van der Waals surface area contributed by atoms with E-state index in [0.717, 1.165) is 50.0 Å². The van der Waals surface area contributed by atoms with Gasteiger partial charge in [-0.05, 0) is 87.0 Å². The van der Waals surface area contributed by atoms with Gasteiger partial charge >= 0.3 is 6.18 Å². The zero-order valence-corrected chi connectivity index (χ0v) is 19.9. The highest BCUT2D eigenvalue weighted by atomic mass is 19.4. The number of likely N-dealkylation sites (tertiary alicyclic amines) is 1. The van der Waals surface area contributed by atoms with Gasteiger partial charge in [-0.3, -0.25) is 0 Å². The van der Waals surface area contributed by atoms with Crippen LogP contribution in [-0.4, -0.2) is 37.3 Å². The first-order valence-corrected chi connectivity index (χ1v) is 12.4. The smallest absolute Gasteiger partial charge is 0.385 e. The number of halogens is 3. The SMILES string of the molecule is CCCC(CC)c1cc(NC(c2ccccc2)C(F)(F)F)ccc1NCCCN1CCCC1. The fourth-order valence-corrected chi connectivity index (χ4v) is 4.78. The van der Waals surface area contributed by atoms with Crippen molar-refractivity contribution >= 4 is 11.4 Å². The minimum Gasteiger partial charge on any atom is -0.385 e. The third-order valence-electron chi connectivity index (χ3n) is 6.56. The Morgan fingerprint density at radius 1 is 1.00 bits per heavy atom. The molecule has 6 heteroatoms. The lowest BCUT2D eigenvalue weighted by atomic mass is 9.90. The van der Waals surface area contributed by atoms with E-state index < -0.39 is 12.2 Å². The van der Waals surface area contributed by atoms with Gasteiger partial charge in [0.1, 0.15) is 6.04 Å². The first-order valence-electron chi connectivity index (χ1n) is 12.4. The van der Waals surface area contributed by atoms with Crippen molar-refractivity contribution in [3.8, 4) is 0 Å². The Morgan fingerprint density at radius 3 is 2.36 bits per heavy atom. The Bertz CT molecular complexity index is 832. The molecule has 2 atom stereocenters. The summed E-state index contributed by atoms with van der Waals surface area (Å²) >= 11 is 0. The molecule has 2 aromatic carbocycles. The Balaban J connectivity index is 1.77. The summed E-state index contributed by atoms with van der Waals surface area (Å²) in [6.45, 7) is 8.67. The average molecular weight is 462 g/mol. The summed E-state index contributed by atoms with van der Waals surface area (Å²) in [5, 5.41) is 6.35. The third kappa shape index (κ3) is 7.39. The quantitative estimate of drug-likeness (QED) is 0.319. The van der Waals surface area contributed by atoms with Crippen LogP contribution in [0.5, 0.6) is 0 Å². The van der Waals surface area contributed by atoms with Crippen LogP contribution in [0.1, 0.15) is 75.5 Å². The normalized spacial score (nSPS) is 16.5. The second-order valence-electron chi connectivity index (χ2n) is 9.05. The molecule has 0 amide bonds. The molecule has 3 nitrogen and oxygen atoms in total. The highest BCUT2D eigenvalue weighted by Crippen LogP contribution is 2.38. The summed E-state index contributed by atoms with van der Waals surface area (Å²) in [5.41, 5.74) is 2.88. The van der Waals surface area contributed by atoms with E-state index in [9.17, 15) is 13.2 Å². The van der Waals surface area contributed by atoms with E-state index in [-0.39, 0.29) is 5.56 Å². The Kier molecular flexibility index (Phi) is 9.48. The Labute approximate surface area is 196 Å². The number of nitrogens with one attached hydrogen (secondary N) is 2. The van der Waals surface area contributed by atoms with Crippen molar-refractivity contribution in [3.63, 3.8) is 0 Å². The summed E-state index contributed by atoms with van der Waals surface area (Å²) in [6.07, 6.45) is 2.28. The van der Waals surface area contributed by atoms with Gasteiger partial charge in [0.15, 0.2) is 0 Å². The van der Waals surface area contributed by atoms with Crippen LogP contribution in [0.4, 0.5) is 24.5 Å². The lowest BCUT2D eigenvalue weighted by Crippen LogP contribution is -2.28. The van der Waals surface area contributed by atoms with Crippen LogP contribution in [-0.2, 0) is 0 Å². The molecule has 0 spiro atoms. The van der Waals surface area contributed by atoms with Gasteiger partial charge in [-0.15, -0.1) is 0 Å². The van der Waals surface area contributed by atoms with Crippen LogP contribution >= 0.6 is 0 Å². The summed E-state index contributed by atoms with van der Waals surface area (Å²) < 4.78 is 41.6. The highest BCUT2D eigenvalue weighted by Gasteiger charge is 2.40. The van der Waals surface area contributed by atoms with Crippen molar-refractivity contribution in [3.05, 3.63) is 59.7 Å². The largest absolute Gasteiger partial charge is 0.412 e. The Morgan fingerprint density at radius 2 is 1.73 bits per heavy atom. The summed E-state index contributed by atoms with van der Waals surface area (Å²) in [5.74, 6) is 0.318. The fourth-order valence-electron chi connectivity index (χ4n) is 4.78. The van der Waals surface area contributed by atoms with Crippen molar-refractivity contribution in [1.29, 1.82) is 0 Å². The molecule has 1 saturated heterocycles. The minimum atomic E-state index is -4.39. The molecule has 1 aliphatic heterocycles. The molecule has 0 aromatic heterocycles. The van der Waals surface area contributed by atoms with Gasteiger partial charge in [0, 0.05) is 17.9 Å². The van der Waals surface area contributed by atoms with Gasteiger partial charge in [0.2, 0.25) is 0 Å². The molecule has 2 unspecified atom stereocenters. The maximum Gasteiger partial charge on any atom is 0.412 e. The van der Waals surface area contributed by atoms with E-state index in [2.05, 4.69) is 29.4 Å². The molecule has 0 radical (unpaired) electrons. The lowest BCUT2D eigenvalue weighted by molar-refractivity contribution is -0.144. The summed E-state index contributed by atoms with van der Waals surface area (Å²) in [6, 6.07) is 12.0. The number of alkyl halides is 3. The van der Waals surface area contributed by atoms with Crippen molar-refractivity contribution in [2.75, 3.05) is 36.8 Å². The van der Waals surface area contributed by atoms with E-state index in [1.807, 2.05) is 12.1 Å². The number of anilines is 2. The first-order chi connectivity index (χ1) is 15.9. The van der Waals surface area contributed by atoms with E-state index in [1.54, 1.807) is 24.3 Å². The molecule has 2 N–H and O–H groups in total. The van der Waals surface area contributed by atoms with Crippen molar-refractivity contribution in [1.82, 2.24) is 4.90 Å². The van der Waals surface area contributed by atoms with Crippen LogP contribution < -0.4 is 10.6 Å². The molecular formula is C27H38F3N3. The van der Waals surface area contributed by atoms with Gasteiger partial charge in [-0.1, -0.05) is 50.6 Å². The number of benzene rings is 2. The Hall–Kier alpha value is -2.21. The molecule has 182 valence electrons. The highest BCUT2D eigenvalue weighted by molar-refractivity contribution is 5.61. The van der Waals surface area contributed by atoms with E-state index in [0.29, 0.717) is 11.6 Å². The van der Waals surface area contributed by atoms with Crippen LogP contribution in [0.3, 0.4) is 0 Å². The van der Waals surface area contributed by atoms with E-state index in [1.165, 1.54) is 38.1 Å². The van der Waals surface area contributed by atoms with Crippen molar-refractivity contribution in [2.24, 2.45) is 0 Å². The van der Waals surface area contributed by atoms with Crippen LogP contribution in [0.25, 0.3) is 0 Å². The van der Waals surface area contributed by atoms with Crippen LogP contribution in [0.2, 0.25) is 0 Å². The molecule has 0 bridgehead atoms.